The number of carbonyl (C=O) groups is 1. The molecule has 20 heavy (non-hydrogen) atoms. The van der Waals surface area contributed by atoms with Crippen LogP contribution in [0, 0.1) is 12.7 Å². The van der Waals surface area contributed by atoms with Gasteiger partial charge in [-0.15, -0.1) is 0 Å². The molecule has 0 aliphatic heterocycles. The lowest BCUT2D eigenvalue weighted by atomic mass is 10.2. The molecule has 2 rings (SSSR count). The summed E-state index contributed by atoms with van der Waals surface area (Å²) < 4.78 is 12.7. The smallest absolute Gasteiger partial charge is 0.243 e. The third-order valence-corrected chi connectivity index (χ3v) is 3.02. The lowest BCUT2D eigenvalue weighted by Crippen LogP contribution is -2.21. The molecule has 2 aromatic rings. The van der Waals surface area contributed by atoms with Crippen molar-refractivity contribution in [1.29, 1.82) is 0 Å². The Kier molecular flexibility index (Phi) is 4.58. The molecule has 1 amide bonds. The molecule has 0 bridgehead atoms. The fourth-order valence-electron chi connectivity index (χ4n) is 1.69. The quantitative estimate of drug-likeness (QED) is 0.899. The van der Waals surface area contributed by atoms with E-state index in [1.165, 1.54) is 24.3 Å². The molecule has 0 unspecified atom stereocenters. The van der Waals surface area contributed by atoms with Gasteiger partial charge in [-0.3, -0.25) is 4.79 Å². The molecule has 0 radical (unpaired) electrons. The summed E-state index contributed by atoms with van der Waals surface area (Å²) in [6.45, 7) is 2.03. The highest BCUT2D eigenvalue weighted by Gasteiger charge is 2.05. The monoisotopic (exact) mass is 292 g/mol. The Morgan fingerprint density at radius 3 is 2.60 bits per heavy atom. The van der Waals surface area contributed by atoms with Crippen molar-refractivity contribution in [3.05, 3.63) is 58.9 Å². The summed E-state index contributed by atoms with van der Waals surface area (Å²) in [5.74, 6) is -0.568. The normalized spacial score (nSPS) is 10.2. The van der Waals surface area contributed by atoms with Gasteiger partial charge in [0.25, 0.3) is 0 Å². The number of benzene rings is 2. The molecular formula is C15H14ClFN2O. The second-order valence-corrected chi connectivity index (χ2v) is 4.80. The Morgan fingerprint density at radius 2 is 1.90 bits per heavy atom. The third-order valence-electron chi connectivity index (χ3n) is 2.69. The Hall–Kier alpha value is -2.07. The van der Waals surface area contributed by atoms with Gasteiger partial charge < -0.3 is 10.6 Å². The summed E-state index contributed by atoms with van der Waals surface area (Å²) in [4.78, 5) is 11.8. The summed E-state index contributed by atoms with van der Waals surface area (Å²) in [7, 11) is 0. The molecule has 0 spiro atoms. The number of hydrogen-bond donors (Lipinski definition) is 2. The van der Waals surface area contributed by atoms with Gasteiger partial charge in [-0.05, 0) is 48.9 Å². The highest BCUT2D eigenvalue weighted by molar-refractivity contribution is 6.33. The van der Waals surface area contributed by atoms with Gasteiger partial charge in [0, 0.05) is 5.69 Å². The van der Waals surface area contributed by atoms with E-state index in [4.69, 9.17) is 11.6 Å². The Labute approximate surface area is 121 Å². The number of rotatable bonds is 4. The average molecular weight is 293 g/mol. The summed E-state index contributed by atoms with van der Waals surface area (Å²) in [5, 5.41) is 6.19. The zero-order valence-corrected chi connectivity index (χ0v) is 11.7. The predicted octanol–water partition coefficient (Wildman–Crippen LogP) is 3.84. The van der Waals surface area contributed by atoms with E-state index in [1.807, 2.05) is 19.1 Å². The van der Waals surface area contributed by atoms with Crippen molar-refractivity contribution in [2.45, 2.75) is 6.92 Å². The minimum Gasteiger partial charge on any atom is -0.375 e. The first-order chi connectivity index (χ1) is 9.54. The first-order valence-electron chi connectivity index (χ1n) is 6.10. The summed E-state index contributed by atoms with van der Waals surface area (Å²) in [6.07, 6.45) is 0. The molecule has 3 nitrogen and oxygen atoms in total. The van der Waals surface area contributed by atoms with Crippen LogP contribution < -0.4 is 10.6 Å². The van der Waals surface area contributed by atoms with Crippen molar-refractivity contribution in [3.63, 3.8) is 0 Å². The van der Waals surface area contributed by atoms with Gasteiger partial charge in [-0.25, -0.2) is 4.39 Å². The van der Waals surface area contributed by atoms with Crippen LogP contribution in [-0.4, -0.2) is 12.5 Å². The average Bonchev–Trinajstić information content (AvgIpc) is 2.42. The van der Waals surface area contributed by atoms with Gasteiger partial charge in [0.15, 0.2) is 0 Å². The van der Waals surface area contributed by atoms with Crippen LogP contribution in [0.2, 0.25) is 5.02 Å². The molecule has 0 saturated carbocycles. The number of carbonyl (C=O) groups excluding carboxylic acids is 1. The van der Waals surface area contributed by atoms with E-state index in [0.29, 0.717) is 16.4 Å². The van der Waals surface area contributed by atoms with Crippen LogP contribution in [0.15, 0.2) is 42.5 Å². The fraction of sp³-hybridized carbons (Fsp3) is 0.133. The Bertz CT molecular complexity index is 614. The highest BCUT2D eigenvalue weighted by Crippen LogP contribution is 2.22. The van der Waals surface area contributed by atoms with Gasteiger partial charge in [-0.2, -0.15) is 0 Å². The van der Waals surface area contributed by atoms with Crippen LogP contribution in [0.4, 0.5) is 15.8 Å². The van der Waals surface area contributed by atoms with E-state index in [9.17, 15) is 9.18 Å². The van der Waals surface area contributed by atoms with E-state index < -0.39 is 0 Å². The standard InChI is InChI=1S/C15H14ClFN2O/c1-10-2-7-13(16)14(8-10)18-9-15(20)19-12-5-3-11(17)4-6-12/h2-8,18H,9H2,1H3,(H,19,20). The molecule has 2 aromatic carbocycles. The van der Waals surface area contributed by atoms with Crippen molar-refractivity contribution in [2.24, 2.45) is 0 Å². The van der Waals surface area contributed by atoms with Crippen molar-refractivity contribution in [2.75, 3.05) is 17.2 Å². The van der Waals surface area contributed by atoms with Crippen LogP contribution >= 0.6 is 11.6 Å². The van der Waals surface area contributed by atoms with E-state index >= 15 is 0 Å². The van der Waals surface area contributed by atoms with Crippen molar-refractivity contribution in [3.8, 4) is 0 Å². The molecule has 2 N–H and O–H groups in total. The van der Waals surface area contributed by atoms with Gasteiger partial charge in [0.1, 0.15) is 5.82 Å². The summed E-state index contributed by atoms with van der Waals surface area (Å²) >= 11 is 6.02. The van der Waals surface area contributed by atoms with Gasteiger partial charge in [-0.1, -0.05) is 17.7 Å². The van der Waals surface area contributed by atoms with Crippen LogP contribution in [0.3, 0.4) is 0 Å². The molecule has 0 fully saturated rings. The van der Waals surface area contributed by atoms with Crippen LogP contribution in [0.25, 0.3) is 0 Å². The van der Waals surface area contributed by atoms with Crippen LogP contribution in [0.5, 0.6) is 0 Å². The van der Waals surface area contributed by atoms with Crippen molar-refractivity contribution < 1.29 is 9.18 Å². The molecule has 0 aliphatic carbocycles. The van der Waals surface area contributed by atoms with E-state index in [2.05, 4.69) is 10.6 Å². The van der Waals surface area contributed by atoms with E-state index in [0.717, 1.165) is 5.56 Å². The molecular weight excluding hydrogens is 279 g/mol. The molecule has 104 valence electrons. The van der Waals surface area contributed by atoms with Crippen LogP contribution in [-0.2, 0) is 4.79 Å². The number of aryl methyl sites for hydroxylation is 1. The molecule has 5 heteroatoms. The molecule has 0 aliphatic rings. The number of halogens is 2. The summed E-state index contributed by atoms with van der Waals surface area (Å²) in [6, 6.07) is 11.1. The Morgan fingerprint density at radius 1 is 1.20 bits per heavy atom. The zero-order valence-electron chi connectivity index (χ0n) is 10.9. The molecule has 0 atom stereocenters. The minimum atomic E-state index is -0.340. The van der Waals surface area contributed by atoms with Gasteiger partial charge >= 0.3 is 0 Å². The molecule has 0 saturated heterocycles. The first-order valence-corrected chi connectivity index (χ1v) is 6.48. The SMILES string of the molecule is Cc1ccc(Cl)c(NCC(=O)Nc2ccc(F)cc2)c1. The fourth-order valence-corrected chi connectivity index (χ4v) is 1.87. The van der Waals surface area contributed by atoms with Crippen molar-refractivity contribution >= 4 is 28.9 Å². The minimum absolute atomic E-state index is 0.0839. The molecule has 0 heterocycles. The zero-order chi connectivity index (χ0) is 14.5. The second-order valence-electron chi connectivity index (χ2n) is 4.39. The maximum atomic E-state index is 12.7. The predicted molar refractivity (Wildman–Crippen MR) is 79.7 cm³/mol. The first kappa shape index (κ1) is 14.3. The maximum absolute atomic E-state index is 12.7. The topological polar surface area (TPSA) is 41.1 Å². The largest absolute Gasteiger partial charge is 0.375 e. The number of hydrogen-bond acceptors (Lipinski definition) is 2. The second kappa shape index (κ2) is 6.39. The Balaban J connectivity index is 1.92. The molecule has 0 aromatic heterocycles. The highest BCUT2D eigenvalue weighted by atomic mass is 35.5. The van der Waals surface area contributed by atoms with Crippen molar-refractivity contribution in [1.82, 2.24) is 0 Å². The number of nitrogens with one attached hydrogen (secondary N) is 2. The third kappa shape index (κ3) is 3.96. The van der Waals surface area contributed by atoms with Gasteiger partial charge in [0.2, 0.25) is 5.91 Å². The van der Waals surface area contributed by atoms with E-state index in [-0.39, 0.29) is 18.3 Å². The lowest BCUT2D eigenvalue weighted by molar-refractivity contribution is -0.114. The maximum Gasteiger partial charge on any atom is 0.243 e. The van der Waals surface area contributed by atoms with E-state index in [1.54, 1.807) is 6.07 Å². The lowest BCUT2D eigenvalue weighted by Gasteiger charge is -2.10. The number of amides is 1. The number of anilines is 2. The summed E-state index contributed by atoms with van der Waals surface area (Å²) in [5.41, 5.74) is 2.31. The van der Waals surface area contributed by atoms with Gasteiger partial charge in [0.05, 0.1) is 17.3 Å². The van der Waals surface area contributed by atoms with Crippen LogP contribution in [0.1, 0.15) is 5.56 Å².